The molecule has 1 N–H and O–H groups in total. The number of carbonyl (C=O) groups is 2. The highest BCUT2D eigenvalue weighted by Crippen LogP contribution is 2.74. The van der Waals surface area contributed by atoms with Gasteiger partial charge >= 0.3 is 0 Å². The topological polar surface area (TPSA) is 63.6 Å². The maximum atomic E-state index is 14.2. The number of aliphatic hydroxyl groups is 1. The highest BCUT2D eigenvalue weighted by molar-refractivity contribution is 5.95. The van der Waals surface area contributed by atoms with E-state index in [9.17, 15) is 14.7 Å². The molecule has 5 aliphatic carbocycles. The summed E-state index contributed by atoms with van der Waals surface area (Å²) in [5.74, 6) is 0.964. The van der Waals surface area contributed by atoms with Gasteiger partial charge in [0, 0.05) is 5.92 Å². The Hall–Kier alpha value is -1.16. The van der Waals surface area contributed by atoms with Crippen molar-refractivity contribution >= 4 is 12.3 Å². The number of ether oxygens (including phenoxy) is 1. The molecule has 0 aromatic carbocycles. The first-order valence-electron chi connectivity index (χ1n) is 13.7. The fraction of sp³-hybridized carbons (Fsp3) is 0.867. The smallest absolute Gasteiger partial charge is 0.293 e. The molecule has 4 fully saturated rings. The number of fused-ring (bicyclic) bond motifs is 7. The minimum Gasteiger partial charge on any atom is -0.462 e. The van der Waals surface area contributed by atoms with Crippen molar-refractivity contribution in [3.05, 3.63) is 11.6 Å². The van der Waals surface area contributed by atoms with Crippen molar-refractivity contribution in [1.82, 2.24) is 0 Å². The molecule has 4 heteroatoms. The first-order chi connectivity index (χ1) is 15.7. The van der Waals surface area contributed by atoms with Gasteiger partial charge in [-0.25, -0.2) is 0 Å². The van der Waals surface area contributed by atoms with Crippen LogP contribution in [0.15, 0.2) is 11.6 Å². The Morgan fingerprint density at radius 2 is 1.62 bits per heavy atom. The van der Waals surface area contributed by atoms with E-state index in [-0.39, 0.29) is 45.0 Å². The SMILES string of the molecule is CC1(C)[C@@H](O)CC[C@]2(C)[C@H]3C(=O)C=C4[C@@H]5C[C@@](C)(OC=O)CC[C@]5(C)CC[C@@]4(C)[C@]3(C)CC[C@@H]12. The van der Waals surface area contributed by atoms with Gasteiger partial charge in [0.15, 0.2) is 5.78 Å². The van der Waals surface area contributed by atoms with Crippen LogP contribution in [0.25, 0.3) is 0 Å². The summed E-state index contributed by atoms with van der Waals surface area (Å²) in [6, 6.07) is 0. The predicted octanol–water partition coefficient (Wildman–Crippen LogP) is 6.25. The fourth-order valence-electron chi connectivity index (χ4n) is 10.4. The predicted molar refractivity (Wildman–Crippen MR) is 133 cm³/mol. The normalized spacial score (nSPS) is 54.0. The molecule has 4 nitrogen and oxygen atoms in total. The molecule has 9 atom stereocenters. The molecule has 34 heavy (non-hydrogen) atoms. The Labute approximate surface area is 206 Å². The quantitative estimate of drug-likeness (QED) is 0.484. The molecule has 0 spiro atoms. The summed E-state index contributed by atoms with van der Waals surface area (Å²) in [7, 11) is 0. The average Bonchev–Trinajstić information content (AvgIpc) is 2.74. The van der Waals surface area contributed by atoms with Gasteiger partial charge in [0.2, 0.25) is 0 Å². The van der Waals surface area contributed by atoms with Crippen molar-refractivity contribution in [2.24, 2.45) is 44.8 Å². The Bertz CT molecular complexity index is 936. The molecule has 0 aromatic heterocycles. The summed E-state index contributed by atoms with van der Waals surface area (Å²) in [5.41, 5.74) is 0.712. The standard InChI is InChI=1S/C30H46O4/c1-25(2)22-8-11-30(7)24(28(22,5)10-9-23(25)33)21(32)16-19-20-17-27(4,34-18-31)14-12-26(20,3)13-15-29(19,30)6/h16,18,20,22-24,33H,8-15,17H2,1-7H3/t20-,22-,23-,24+,26+,27-,28-,29+,30+/m0/s1. The van der Waals surface area contributed by atoms with Crippen molar-refractivity contribution in [1.29, 1.82) is 0 Å². The second kappa shape index (κ2) is 7.20. The molecule has 0 aliphatic heterocycles. The number of carbonyl (C=O) groups excluding carboxylic acids is 2. The molecule has 0 bridgehead atoms. The maximum absolute atomic E-state index is 14.2. The van der Waals surface area contributed by atoms with Crippen LogP contribution in [0.1, 0.15) is 106 Å². The third-order valence-electron chi connectivity index (χ3n) is 12.8. The number of aliphatic hydroxyl groups excluding tert-OH is 1. The van der Waals surface area contributed by atoms with Crippen LogP contribution in [0.5, 0.6) is 0 Å². The van der Waals surface area contributed by atoms with Gasteiger partial charge in [0.25, 0.3) is 6.47 Å². The zero-order chi connectivity index (χ0) is 24.9. The summed E-state index contributed by atoms with van der Waals surface area (Å²) in [4.78, 5) is 25.5. The van der Waals surface area contributed by atoms with E-state index in [1.807, 2.05) is 0 Å². The minimum absolute atomic E-state index is 0.00447. The van der Waals surface area contributed by atoms with Gasteiger partial charge in [0.05, 0.1) is 6.10 Å². The average molecular weight is 471 g/mol. The van der Waals surface area contributed by atoms with Crippen LogP contribution in [0, 0.1) is 44.8 Å². The van der Waals surface area contributed by atoms with Crippen molar-refractivity contribution in [2.45, 2.75) is 118 Å². The Morgan fingerprint density at radius 3 is 2.29 bits per heavy atom. The van der Waals surface area contributed by atoms with E-state index < -0.39 is 5.60 Å². The zero-order valence-corrected chi connectivity index (χ0v) is 22.5. The van der Waals surface area contributed by atoms with E-state index in [2.05, 4.69) is 54.5 Å². The van der Waals surface area contributed by atoms with E-state index in [0.29, 0.717) is 18.2 Å². The van der Waals surface area contributed by atoms with Gasteiger partial charge in [-0.2, -0.15) is 0 Å². The van der Waals surface area contributed by atoms with E-state index in [1.165, 1.54) is 12.0 Å². The highest BCUT2D eigenvalue weighted by atomic mass is 16.5. The first kappa shape index (κ1) is 24.5. The van der Waals surface area contributed by atoms with E-state index in [0.717, 1.165) is 51.4 Å². The van der Waals surface area contributed by atoms with Crippen molar-refractivity contribution < 1.29 is 19.4 Å². The van der Waals surface area contributed by atoms with E-state index in [4.69, 9.17) is 4.74 Å². The van der Waals surface area contributed by atoms with E-state index >= 15 is 0 Å². The molecular formula is C30H46O4. The molecule has 0 heterocycles. The van der Waals surface area contributed by atoms with Crippen molar-refractivity contribution in [2.75, 3.05) is 0 Å². The fourth-order valence-corrected chi connectivity index (χ4v) is 10.4. The summed E-state index contributed by atoms with van der Waals surface area (Å²) >= 11 is 0. The van der Waals surface area contributed by atoms with Gasteiger partial charge in [-0.3, -0.25) is 9.59 Å². The van der Waals surface area contributed by atoms with Crippen LogP contribution in [0.3, 0.4) is 0 Å². The maximum Gasteiger partial charge on any atom is 0.293 e. The molecule has 5 aliphatic rings. The van der Waals surface area contributed by atoms with Gasteiger partial charge in [-0.1, -0.05) is 47.1 Å². The highest BCUT2D eigenvalue weighted by Gasteiger charge is 2.70. The van der Waals surface area contributed by atoms with Gasteiger partial charge in [0.1, 0.15) is 5.60 Å². The summed E-state index contributed by atoms with van der Waals surface area (Å²) in [6.07, 6.45) is 10.7. The van der Waals surface area contributed by atoms with Crippen molar-refractivity contribution in [3.8, 4) is 0 Å². The number of hydrogen-bond donors (Lipinski definition) is 1. The summed E-state index contributed by atoms with van der Waals surface area (Å²) in [6.45, 7) is 16.8. The second-order valence-electron chi connectivity index (χ2n) is 14.7. The molecule has 5 rings (SSSR count). The lowest BCUT2D eigenvalue weighted by molar-refractivity contribution is -0.203. The van der Waals surface area contributed by atoms with Crippen LogP contribution in [-0.2, 0) is 14.3 Å². The summed E-state index contributed by atoms with van der Waals surface area (Å²) in [5, 5.41) is 10.9. The lowest BCUT2D eigenvalue weighted by Gasteiger charge is -2.70. The van der Waals surface area contributed by atoms with Crippen LogP contribution in [0.2, 0.25) is 0 Å². The zero-order valence-electron chi connectivity index (χ0n) is 22.5. The lowest BCUT2D eigenvalue weighted by Crippen LogP contribution is -2.66. The van der Waals surface area contributed by atoms with Gasteiger partial charge < -0.3 is 9.84 Å². The third kappa shape index (κ3) is 2.93. The van der Waals surface area contributed by atoms with Crippen LogP contribution in [0.4, 0.5) is 0 Å². The Morgan fingerprint density at radius 1 is 0.941 bits per heavy atom. The second-order valence-corrected chi connectivity index (χ2v) is 14.7. The van der Waals surface area contributed by atoms with Crippen LogP contribution >= 0.6 is 0 Å². The molecule has 0 radical (unpaired) electrons. The monoisotopic (exact) mass is 470 g/mol. The van der Waals surface area contributed by atoms with Gasteiger partial charge in [-0.05, 0) is 110 Å². The Kier molecular flexibility index (Phi) is 5.20. The Balaban J connectivity index is 1.61. The number of allylic oxidation sites excluding steroid dienone is 2. The molecular weight excluding hydrogens is 424 g/mol. The molecule has 0 aromatic rings. The molecule has 0 amide bonds. The first-order valence-corrected chi connectivity index (χ1v) is 13.7. The molecule has 4 saturated carbocycles. The van der Waals surface area contributed by atoms with E-state index in [1.54, 1.807) is 0 Å². The summed E-state index contributed by atoms with van der Waals surface area (Å²) < 4.78 is 5.64. The third-order valence-corrected chi connectivity index (χ3v) is 12.8. The number of rotatable bonds is 2. The molecule has 0 unspecified atom stereocenters. The van der Waals surface area contributed by atoms with Crippen LogP contribution in [-0.4, -0.2) is 29.1 Å². The van der Waals surface area contributed by atoms with Gasteiger partial charge in [-0.15, -0.1) is 0 Å². The number of hydrogen-bond acceptors (Lipinski definition) is 4. The lowest BCUT2D eigenvalue weighted by atomic mass is 9.33. The largest absolute Gasteiger partial charge is 0.462 e. The molecule has 0 saturated heterocycles. The number of ketones is 1. The minimum atomic E-state index is -0.445. The molecule has 190 valence electrons. The van der Waals surface area contributed by atoms with Crippen molar-refractivity contribution in [3.63, 3.8) is 0 Å². The van der Waals surface area contributed by atoms with Crippen LogP contribution < -0.4 is 0 Å².